The maximum Gasteiger partial charge on any atom is 0.228 e. The highest BCUT2D eigenvalue weighted by atomic mass is 16.2. The molecule has 22 heavy (non-hydrogen) atoms. The molecule has 2 rings (SSSR count). The Labute approximate surface area is 134 Å². The molecule has 0 unspecified atom stereocenters. The smallest absolute Gasteiger partial charge is 0.228 e. The van der Waals surface area contributed by atoms with E-state index in [1.54, 1.807) is 0 Å². The summed E-state index contributed by atoms with van der Waals surface area (Å²) < 4.78 is 0. The van der Waals surface area contributed by atoms with Crippen molar-refractivity contribution >= 4 is 11.6 Å². The van der Waals surface area contributed by atoms with Gasteiger partial charge in [-0.2, -0.15) is 0 Å². The summed E-state index contributed by atoms with van der Waals surface area (Å²) in [6, 6.07) is 2.17. The Morgan fingerprint density at radius 3 is 2.36 bits per heavy atom. The molecule has 0 radical (unpaired) electrons. The number of rotatable bonds is 2. The van der Waals surface area contributed by atoms with Gasteiger partial charge in [-0.05, 0) is 52.2 Å². The van der Waals surface area contributed by atoms with Crippen LogP contribution in [0.15, 0.2) is 18.5 Å². The van der Waals surface area contributed by atoms with Gasteiger partial charge in [0.05, 0.1) is 11.9 Å². The summed E-state index contributed by atoms with van der Waals surface area (Å²) in [6.45, 7) is 12.2. The molecule has 1 aromatic rings. The quantitative estimate of drug-likeness (QED) is 0.841. The maximum absolute atomic E-state index is 12.9. The summed E-state index contributed by atoms with van der Waals surface area (Å²) in [5, 5.41) is 0. The van der Waals surface area contributed by atoms with Crippen LogP contribution in [0.5, 0.6) is 0 Å². The van der Waals surface area contributed by atoms with Gasteiger partial charge in [0.15, 0.2) is 0 Å². The SMILES string of the molecule is Cc1cncc(N2CCC(C)(C(=O)N(C)C(C)(C)C)CC2)c1. The molecule has 0 aliphatic carbocycles. The third-order valence-electron chi connectivity index (χ3n) is 4.92. The normalized spacial score (nSPS) is 18.2. The standard InChI is InChI=1S/C18H29N3O/c1-14-11-15(13-19-12-14)21-9-7-18(5,8-10-21)16(22)20(6)17(2,3)4/h11-13H,7-10H2,1-6H3. The fourth-order valence-corrected chi connectivity index (χ4v) is 2.89. The van der Waals surface area contributed by atoms with Crippen molar-refractivity contribution in [1.29, 1.82) is 0 Å². The van der Waals surface area contributed by atoms with E-state index in [9.17, 15) is 4.79 Å². The maximum atomic E-state index is 12.9. The first kappa shape index (κ1) is 16.8. The van der Waals surface area contributed by atoms with E-state index in [0.29, 0.717) is 0 Å². The molecule has 1 aromatic heterocycles. The topological polar surface area (TPSA) is 36.4 Å². The number of hydrogen-bond donors (Lipinski definition) is 0. The van der Waals surface area contributed by atoms with Gasteiger partial charge in [0.1, 0.15) is 0 Å². The molecule has 1 aliphatic heterocycles. The van der Waals surface area contributed by atoms with Crippen molar-refractivity contribution in [2.45, 2.75) is 53.0 Å². The first-order chi connectivity index (χ1) is 10.1. The van der Waals surface area contributed by atoms with Gasteiger partial charge in [0.25, 0.3) is 0 Å². The van der Waals surface area contributed by atoms with Gasteiger partial charge in [0.2, 0.25) is 5.91 Å². The lowest BCUT2D eigenvalue weighted by Crippen LogP contribution is -2.52. The lowest BCUT2D eigenvalue weighted by atomic mass is 9.78. The largest absolute Gasteiger partial charge is 0.370 e. The molecule has 1 saturated heterocycles. The van der Waals surface area contributed by atoms with Gasteiger partial charge in [-0.3, -0.25) is 9.78 Å². The van der Waals surface area contributed by atoms with Crippen LogP contribution in [0.4, 0.5) is 5.69 Å². The number of aryl methyl sites for hydroxylation is 1. The molecule has 0 saturated carbocycles. The van der Waals surface area contributed by atoms with Gasteiger partial charge in [-0.15, -0.1) is 0 Å². The number of anilines is 1. The molecule has 4 nitrogen and oxygen atoms in total. The summed E-state index contributed by atoms with van der Waals surface area (Å²) in [7, 11) is 1.92. The summed E-state index contributed by atoms with van der Waals surface area (Å²) in [4.78, 5) is 21.4. The van der Waals surface area contributed by atoms with Crippen LogP contribution in [-0.2, 0) is 4.79 Å². The van der Waals surface area contributed by atoms with Crippen molar-refractivity contribution in [3.63, 3.8) is 0 Å². The lowest BCUT2D eigenvalue weighted by molar-refractivity contribution is -0.145. The summed E-state index contributed by atoms with van der Waals surface area (Å²) in [5.74, 6) is 0.266. The molecule has 1 aliphatic rings. The van der Waals surface area contributed by atoms with Crippen LogP contribution in [0.1, 0.15) is 46.1 Å². The molecular formula is C18H29N3O. The predicted octanol–water partition coefficient (Wildman–Crippen LogP) is 3.25. The van der Waals surface area contributed by atoms with E-state index < -0.39 is 0 Å². The highest BCUT2D eigenvalue weighted by Crippen LogP contribution is 2.36. The molecular weight excluding hydrogens is 274 g/mol. The van der Waals surface area contributed by atoms with Crippen LogP contribution >= 0.6 is 0 Å². The van der Waals surface area contributed by atoms with E-state index in [0.717, 1.165) is 25.9 Å². The third kappa shape index (κ3) is 3.42. The molecule has 2 heterocycles. The summed E-state index contributed by atoms with van der Waals surface area (Å²) in [6.07, 6.45) is 5.57. The van der Waals surface area contributed by atoms with Crippen molar-refractivity contribution in [3.8, 4) is 0 Å². The van der Waals surface area contributed by atoms with E-state index in [-0.39, 0.29) is 16.9 Å². The van der Waals surface area contributed by atoms with Gasteiger partial charge >= 0.3 is 0 Å². The monoisotopic (exact) mass is 303 g/mol. The molecule has 4 heteroatoms. The Bertz CT molecular complexity index is 540. The Morgan fingerprint density at radius 2 is 1.86 bits per heavy atom. The number of amides is 1. The van der Waals surface area contributed by atoms with Crippen LogP contribution in [-0.4, -0.2) is 41.5 Å². The minimum absolute atomic E-state index is 0.127. The molecule has 0 atom stereocenters. The number of piperidine rings is 1. The zero-order chi connectivity index (χ0) is 16.5. The van der Waals surface area contributed by atoms with E-state index in [1.807, 2.05) is 24.3 Å². The first-order valence-electron chi connectivity index (χ1n) is 8.08. The van der Waals surface area contributed by atoms with Crippen molar-refractivity contribution in [3.05, 3.63) is 24.0 Å². The second-order valence-corrected chi connectivity index (χ2v) is 7.80. The summed E-state index contributed by atoms with van der Waals surface area (Å²) in [5.41, 5.74) is 1.96. The number of carbonyl (C=O) groups excluding carboxylic acids is 1. The number of hydrogen-bond acceptors (Lipinski definition) is 3. The highest BCUT2D eigenvalue weighted by molar-refractivity contribution is 5.83. The Balaban J connectivity index is 2.06. The van der Waals surface area contributed by atoms with E-state index in [1.165, 1.54) is 11.3 Å². The van der Waals surface area contributed by atoms with E-state index in [4.69, 9.17) is 0 Å². The van der Waals surface area contributed by atoms with Gasteiger partial charge < -0.3 is 9.80 Å². The predicted molar refractivity (Wildman–Crippen MR) is 91.1 cm³/mol. The molecule has 0 spiro atoms. The van der Waals surface area contributed by atoms with Gasteiger partial charge in [-0.1, -0.05) is 6.92 Å². The second kappa shape index (κ2) is 5.90. The minimum Gasteiger partial charge on any atom is -0.370 e. The van der Waals surface area contributed by atoms with Gasteiger partial charge in [-0.25, -0.2) is 0 Å². The van der Waals surface area contributed by atoms with Crippen LogP contribution in [0.2, 0.25) is 0 Å². The minimum atomic E-state index is -0.254. The average Bonchev–Trinajstić information content (AvgIpc) is 2.45. The average molecular weight is 303 g/mol. The number of pyridine rings is 1. The lowest BCUT2D eigenvalue weighted by Gasteiger charge is -2.44. The number of nitrogens with zero attached hydrogens (tertiary/aromatic N) is 3. The highest BCUT2D eigenvalue weighted by Gasteiger charge is 2.41. The Hall–Kier alpha value is -1.58. The van der Waals surface area contributed by atoms with Crippen LogP contribution in [0, 0.1) is 12.3 Å². The Morgan fingerprint density at radius 1 is 1.27 bits per heavy atom. The molecule has 0 bridgehead atoms. The third-order valence-corrected chi connectivity index (χ3v) is 4.92. The van der Waals surface area contributed by atoms with Gasteiger partial charge in [0, 0.05) is 37.3 Å². The van der Waals surface area contributed by atoms with Crippen LogP contribution < -0.4 is 4.90 Å². The van der Waals surface area contributed by atoms with Crippen molar-refractivity contribution < 1.29 is 4.79 Å². The number of carbonyl (C=O) groups is 1. The zero-order valence-corrected chi connectivity index (χ0v) is 14.8. The van der Waals surface area contributed by atoms with Crippen LogP contribution in [0.25, 0.3) is 0 Å². The Kier molecular flexibility index (Phi) is 4.50. The molecule has 0 N–H and O–H groups in total. The second-order valence-electron chi connectivity index (χ2n) is 7.80. The fourth-order valence-electron chi connectivity index (χ4n) is 2.89. The summed E-state index contributed by atoms with van der Waals surface area (Å²) >= 11 is 0. The number of aromatic nitrogens is 1. The van der Waals surface area contributed by atoms with Crippen molar-refractivity contribution in [1.82, 2.24) is 9.88 Å². The molecule has 122 valence electrons. The van der Waals surface area contributed by atoms with E-state index in [2.05, 4.69) is 50.6 Å². The van der Waals surface area contributed by atoms with E-state index >= 15 is 0 Å². The fraction of sp³-hybridized carbons (Fsp3) is 0.667. The first-order valence-corrected chi connectivity index (χ1v) is 8.08. The zero-order valence-electron chi connectivity index (χ0n) is 14.8. The molecule has 0 aromatic carbocycles. The van der Waals surface area contributed by atoms with Crippen molar-refractivity contribution in [2.24, 2.45) is 5.41 Å². The molecule has 1 fully saturated rings. The van der Waals surface area contributed by atoms with Crippen molar-refractivity contribution in [2.75, 3.05) is 25.0 Å². The van der Waals surface area contributed by atoms with Crippen LogP contribution in [0.3, 0.4) is 0 Å². The molecule has 1 amide bonds.